The Morgan fingerprint density at radius 3 is 3.00 bits per heavy atom. The van der Waals surface area contributed by atoms with E-state index in [4.69, 9.17) is 16.0 Å². The van der Waals surface area contributed by atoms with E-state index in [0.717, 1.165) is 13.0 Å². The Kier molecular flexibility index (Phi) is 3.98. The number of rotatable bonds is 6. The smallest absolute Gasteiger partial charge is 0.249 e. The van der Waals surface area contributed by atoms with Gasteiger partial charge in [-0.1, -0.05) is 17.7 Å². The summed E-state index contributed by atoms with van der Waals surface area (Å²) < 4.78 is 18.9. The van der Waals surface area contributed by atoms with Gasteiger partial charge in [-0.2, -0.15) is 0 Å². The predicted molar refractivity (Wildman–Crippen MR) is 74.0 cm³/mol. The molecule has 0 atom stereocenters. The van der Waals surface area contributed by atoms with Crippen molar-refractivity contribution in [3.8, 4) is 11.5 Å². The van der Waals surface area contributed by atoms with Gasteiger partial charge in [0.2, 0.25) is 11.8 Å². The molecule has 6 heteroatoms. The zero-order valence-electron chi connectivity index (χ0n) is 10.9. The van der Waals surface area contributed by atoms with Gasteiger partial charge in [-0.15, -0.1) is 10.2 Å². The molecule has 1 aliphatic rings. The third-order valence-corrected chi connectivity index (χ3v) is 3.61. The molecule has 0 unspecified atom stereocenters. The summed E-state index contributed by atoms with van der Waals surface area (Å²) in [6.45, 7) is 0.948. The summed E-state index contributed by atoms with van der Waals surface area (Å²) in [5.74, 6) is 0.329. The molecule has 20 heavy (non-hydrogen) atoms. The molecule has 3 rings (SSSR count). The fourth-order valence-electron chi connectivity index (χ4n) is 1.97. The lowest BCUT2D eigenvalue weighted by molar-refractivity contribution is 0.490. The van der Waals surface area contributed by atoms with Crippen LogP contribution in [0.25, 0.3) is 11.5 Å². The van der Waals surface area contributed by atoms with Crippen molar-refractivity contribution in [2.45, 2.75) is 31.7 Å². The molecule has 1 fully saturated rings. The van der Waals surface area contributed by atoms with Gasteiger partial charge in [0.1, 0.15) is 5.82 Å². The summed E-state index contributed by atoms with van der Waals surface area (Å²) in [6.07, 6.45) is 4.21. The van der Waals surface area contributed by atoms with E-state index in [2.05, 4.69) is 15.5 Å². The van der Waals surface area contributed by atoms with Crippen molar-refractivity contribution in [1.82, 2.24) is 15.5 Å². The van der Waals surface area contributed by atoms with Crippen molar-refractivity contribution in [2.75, 3.05) is 6.54 Å². The Morgan fingerprint density at radius 2 is 2.20 bits per heavy atom. The van der Waals surface area contributed by atoms with E-state index in [0.29, 0.717) is 23.9 Å². The minimum atomic E-state index is -0.488. The van der Waals surface area contributed by atoms with Crippen LogP contribution in [0.2, 0.25) is 5.02 Å². The fraction of sp³-hybridized carbons (Fsp3) is 0.429. The van der Waals surface area contributed by atoms with E-state index in [9.17, 15) is 4.39 Å². The molecule has 0 bridgehead atoms. The zero-order valence-corrected chi connectivity index (χ0v) is 11.7. The highest BCUT2D eigenvalue weighted by molar-refractivity contribution is 6.33. The van der Waals surface area contributed by atoms with Crippen molar-refractivity contribution in [3.63, 3.8) is 0 Å². The first-order valence-corrected chi connectivity index (χ1v) is 7.12. The van der Waals surface area contributed by atoms with Crippen molar-refractivity contribution < 1.29 is 8.81 Å². The van der Waals surface area contributed by atoms with Gasteiger partial charge in [0.15, 0.2) is 0 Å². The lowest BCUT2D eigenvalue weighted by Gasteiger charge is -2.00. The summed E-state index contributed by atoms with van der Waals surface area (Å²) in [6, 6.07) is 5.24. The maximum absolute atomic E-state index is 13.4. The first-order chi connectivity index (χ1) is 9.74. The van der Waals surface area contributed by atoms with Gasteiger partial charge in [-0.05, 0) is 37.9 Å². The lowest BCUT2D eigenvalue weighted by atomic mass is 10.2. The number of hydrogen-bond acceptors (Lipinski definition) is 4. The summed E-state index contributed by atoms with van der Waals surface area (Å²) in [4.78, 5) is 0. The molecule has 0 saturated heterocycles. The molecule has 1 aromatic heterocycles. The van der Waals surface area contributed by atoms with E-state index >= 15 is 0 Å². The minimum Gasteiger partial charge on any atom is -0.421 e. The predicted octanol–water partition coefficient (Wildman–Crippen LogP) is 3.21. The van der Waals surface area contributed by atoms with Gasteiger partial charge in [0.05, 0.1) is 10.6 Å². The molecular weight excluding hydrogens is 281 g/mol. The number of halogens is 2. The summed E-state index contributed by atoms with van der Waals surface area (Å²) in [5.41, 5.74) is 0.432. The molecule has 1 N–H and O–H groups in total. The quantitative estimate of drug-likeness (QED) is 0.831. The molecule has 0 aliphatic heterocycles. The van der Waals surface area contributed by atoms with E-state index in [1.165, 1.54) is 18.9 Å². The van der Waals surface area contributed by atoms with Crippen molar-refractivity contribution in [1.29, 1.82) is 0 Å². The van der Waals surface area contributed by atoms with Crippen LogP contribution in [-0.4, -0.2) is 22.8 Å². The maximum atomic E-state index is 13.4. The van der Waals surface area contributed by atoms with Crippen LogP contribution >= 0.6 is 11.6 Å². The molecule has 1 aliphatic carbocycles. The SMILES string of the molecule is Fc1cccc(-c2nnc(CCCNC3CC3)o2)c1Cl. The average Bonchev–Trinajstić information content (AvgIpc) is 3.15. The molecule has 0 amide bonds. The van der Waals surface area contributed by atoms with E-state index in [-0.39, 0.29) is 10.9 Å². The minimum absolute atomic E-state index is 0.0121. The molecule has 4 nitrogen and oxygen atoms in total. The van der Waals surface area contributed by atoms with Crippen LogP contribution < -0.4 is 5.32 Å². The Balaban J connectivity index is 1.62. The fourth-order valence-corrected chi connectivity index (χ4v) is 2.17. The Morgan fingerprint density at radius 1 is 1.35 bits per heavy atom. The van der Waals surface area contributed by atoms with E-state index < -0.39 is 5.82 Å². The van der Waals surface area contributed by atoms with Gasteiger partial charge >= 0.3 is 0 Å². The summed E-state index contributed by atoms with van der Waals surface area (Å²) >= 11 is 5.89. The molecule has 1 heterocycles. The van der Waals surface area contributed by atoms with Crippen LogP contribution in [0.4, 0.5) is 4.39 Å². The topological polar surface area (TPSA) is 51.0 Å². The van der Waals surface area contributed by atoms with Crippen LogP contribution in [-0.2, 0) is 6.42 Å². The second kappa shape index (κ2) is 5.89. The average molecular weight is 296 g/mol. The highest BCUT2D eigenvalue weighted by Crippen LogP contribution is 2.29. The first-order valence-electron chi connectivity index (χ1n) is 6.74. The van der Waals surface area contributed by atoms with Crippen LogP contribution in [0.5, 0.6) is 0 Å². The first kappa shape index (κ1) is 13.5. The number of aryl methyl sites for hydroxylation is 1. The highest BCUT2D eigenvalue weighted by atomic mass is 35.5. The van der Waals surface area contributed by atoms with Crippen LogP contribution in [0.3, 0.4) is 0 Å². The van der Waals surface area contributed by atoms with Crippen molar-refractivity contribution in [2.24, 2.45) is 0 Å². The number of benzene rings is 1. The second-order valence-corrected chi connectivity index (χ2v) is 5.31. The van der Waals surface area contributed by atoms with Crippen LogP contribution in [0.15, 0.2) is 22.6 Å². The molecule has 1 aromatic carbocycles. The monoisotopic (exact) mass is 295 g/mol. The molecular formula is C14H15ClFN3O. The Labute approximate surface area is 121 Å². The van der Waals surface area contributed by atoms with Crippen LogP contribution in [0, 0.1) is 5.82 Å². The van der Waals surface area contributed by atoms with E-state index in [1.807, 2.05) is 0 Å². The summed E-state index contributed by atoms with van der Waals surface area (Å²) in [5, 5.41) is 11.3. The molecule has 2 aromatic rings. The van der Waals surface area contributed by atoms with Gasteiger partial charge in [0.25, 0.3) is 0 Å². The zero-order chi connectivity index (χ0) is 13.9. The van der Waals surface area contributed by atoms with Gasteiger partial charge < -0.3 is 9.73 Å². The second-order valence-electron chi connectivity index (χ2n) is 4.93. The largest absolute Gasteiger partial charge is 0.421 e. The Hall–Kier alpha value is -1.46. The standard InChI is InChI=1S/C14H15ClFN3O/c15-13-10(3-1-4-11(13)16)14-19-18-12(20-14)5-2-8-17-9-6-7-9/h1,3-4,9,17H,2,5-8H2. The Bertz CT molecular complexity index is 598. The van der Waals surface area contributed by atoms with Crippen molar-refractivity contribution >= 4 is 11.6 Å². The lowest BCUT2D eigenvalue weighted by Crippen LogP contribution is -2.17. The van der Waals surface area contributed by atoms with Gasteiger partial charge in [0, 0.05) is 12.5 Å². The highest BCUT2D eigenvalue weighted by Gasteiger charge is 2.19. The molecule has 0 radical (unpaired) electrons. The van der Waals surface area contributed by atoms with Crippen molar-refractivity contribution in [3.05, 3.63) is 34.9 Å². The number of hydrogen-bond donors (Lipinski definition) is 1. The normalized spacial score (nSPS) is 14.7. The molecule has 106 valence electrons. The van der Waals surface area contributed by atoms with Gasteiger partial charge in [-0.3, -0.25) is 0 Å². The van der Waals surface area contributed by atoms with Gasteiger partial charge in [-0.25, -0.2) is 4.39 Å². The molecule has 0 spiro atoms. The maximum Gasteiger partial charge on any atom is 0.249 e. The molecule has 1 saturated carbocycles. The third kappa shape index (κ3) is 3.16. The summed E-state index contributed by atoms with van der Waals surface area (Å²) in [7, 11) is 0. The number of nitrogens with zero attached hydrogens (tertiary/aromatic N) is 2. The van der Waals surface area contributed by atoms with E-state index in [1.54, 1.807) is 12.1 Å². The third-order valence-electron chi connectivity index (χ3n) is 3.23. The van der Waals surface area contributed by atoms with Crippen LogP contribution in [0.1, 0.15) is 25.2 Å². The number of nitrogens with one attached hydrogen (secondary N) is 1. The number of aromatic nitrogens is 2.